The fourth-order valence-corrected chi connectivity index (χ4v) is 2.61. The number of benzene rings is 1. The van der Waals surface area contributed by atoms with Crippen molar-refractivity contribution in [3.63, 3.8) is 0 Å². The van der Waals surface area contributed by atoms with E-state index in [1.807, 2.05) is 0 Å². The molecular formula is C15H20N2OS. The van der Waals surface area contributed by atoms with Crippen LogP contribution in [0.4, 0.5) is 0 Å². The van der Waals surface area contributed by atoms with Crippen molar-refractivity contribution in [3.05, 3.63) is 29.8 Å². The van der Waals surface area contributed by atoms with E-state index in [9.17, 15) is 4.79 Å². The third-order valence-electron chi connectivity index (χ3n) is 3.41. The largest absolute Gasteiger partial charge is 0.353 e. The van der Waals surface area contributed by atoms with E-state index in [1.165, 1.54) is 23.3 Å². The van der Waals surface area contributed by atoms with E-state index in [1.54, 1.807) is 11.8 Å². The zero-order valence-corrected chi connectivity index (χ0v) is 11.8. The molecule has 19 heavy (non-hydrogen) atoms. The molecule has 3 rings (SSSR count). The summed E-state index contributed by atoms with van der Waals surface area (Å²) in [5.74, 6) is 0.683. The first-order valence-electron chi connectivity index (χ1n) is 7.04. The number of carbonyl (C=O) groups is 1. The third kappa shape index (κ3) is 4.55. The quantitative estimate of drug-likeness (QED) is 0.751. The lowest BCUT2D eigenvalue weighted by Gasteiger charge is -2.06. The van der Waals surface area contributed by atoms with Gasteiger partial charge in [-0.15, -0.1) is 11.8 Å². The maximum absolute atomic E-state index is 11.6. The highest BCUT2D eigenvalue weighted by Crippen LogP contribution is 2.22. The number of hydrogen-bond acceptors (Lipinski definition) is 3. The first-order valence-corrected chi connectivity index (χ1v) is 8.02. The summed E-state index contributed by atoms with van der Waals surface area (Å²) >= 11 is 1.61. The van der Waals surface area contributed by atoms with Gasteiger partial charge in [0.05, 0.1) is 5.75 Å². The van der Waals surface area contributed by atoms with Crippen molar-refractivity contribution in [1.82, 2.24) is 10.6 Å². The van der Waals surface area contributed by atoms with Crippen molar-refractivity contribution in [1.29, 1.82) is 0 Å². The standard InChI is InChI=1S/C15H20N2OS/c18-15(17-13-5-6-13)10-19-14-7-1-11(2-8-14)9-16-12-3-4-12/h1-2,7-8,12-13,16H,3-6,9-10H2,(H,17,18). The Morgan fingerprint density at radius 2 is 1.79 bits per heavy atom. The van der Waals surface area contributed by atoms with Crippen molar-refractivity contribution < 1.29 is 4.79 Å². The topological polar surface area (TPSA) is 41.1 Å². The number of thioether (sulfide) groups is 1. The van der Waals surface area contributed by atoms with Gasteiger partial charge in [-0.2, -0.15) is 0 Å². The summed E-state index contributed by atoms with van der Waals surface area (Å²) in [5, 5.41) is 6.51. The summed E-state index contributed by atoms with van der Waals surface area (Å²) in [6.45, 7) is 0.956. The minimum absolute atomic E-state index is 0.159. The van der Waals surface area contributed by atoms with Crippen LogP contribution in [0.3, 0.4) is 0 Å². The maximum Gasteiger partial charge on any atom is 0.230 e. The van der Waals surface area contributed by atoms with Gasteiger partial charge in [-0.1, -0.05) is 12.1 Å². The average Bonchev–Trinajstić information content (AvgIpc) is 3.30. The lowest BCUT2D eigenvalue weighted by molar-refractivity contribution is -0.118. The molecule has 3 nitrogen and oxygen atoms in total. The van der Waals surface area contributed by atoms with E-state index in [-0.39, 0.29) is 5.91 Å². The molecule has 1 aromatic carbocycles. The molecule has 102 valence electrons. The van der Waals surface area contributed by atoms with Crippen LogP contribution in [0.25, 0.3) is 0 Å². The molecule has 2 aliphatic carbocycles. The van der Waals surface area contributed by atoms with E-state index in [2.05, 4.69) is 34.9 Å². The van der Waals surface area contributed by atoms with Crippen LogP contribution in [-0.2, 0) is 11.3 Å². The smallest absolute Gasteiger partial charge is 0.230 e. The Bertz CT molecular complexity index is 438. The van der Waals surface area contributed by atoms with Crippen molar-refractivity contribution in [2.75, 3.05) is 5.75 Å². The minimum atomic E-state index is 0.159. The Morgan fingerprint density at radius 1 is 1.11 bits per heavy atom. The number of hydrogen-bond donors (Lipinski definition) is 2. The van der Waals surface area contributed by atoms with Crippen LogP contribution < -0.4 is 10.6 Å². The molecule has 2 fully saturated rings. The van der Waals surface area contributed by atoms with Crippen molar-refractivity contribution in [2.45, 2.75) is 49.2 Å². The maximum atomic E-state index is 11.6. The minimum Gasteiger partial charge on any atom is -0.353 e. The monoisotopic (exact) mass is 276 g/mol. The van der Waals surface area contributed by atoms with E-state index in [4.69, 9.17) is 0 Å². The fourth-order valence-electron chi connectivity index (χ4n) is 1.90. The fraction of sp³-hybridized carbons (Fsp3) is 0.533. The SMILES string of the molecule is O=C(CSc1ccc(CNC2CC2)cc1)NC1CC1. The van der Waals surface area contributed by atoms with Crippen LogP contribution in [0.2, 0.25) is 0 Å². The average molecular weight is 276 g/mol. The molecule has 0 bridgehead atoms. The molecule has 0 atom stereocenters. The number of amides is 1. The molecule has 0 spiro atoms. The van der Waals surface area contributed by atoms with Gasteiger partial charge >= 0.3 is 0 Å². The second-order valence-corrected chi connectivity index (χ2v) is 6.48. The predicted octanol–water partition coefficient (Wildman–Crippen LogP) is 2.31. The Morgan fingerprint density at radius 3 is 2.42 bits per heavy atom. The predicted molar refractivity (Wildman–Crippen MR) is 78.2 cm³/mol. The first kappa shape index (κ1) is 13.0. The Labute approximate surface area is 118 Å². The molecule has 2 aliphatic rings. The summed E-state index contributed by atoms with van der Waals surface area (Å²) in [7, 11) is 0. The Hall–Kier alpha value is -1.00. The third-order valence-corrected chi connectivity index (χ3v) is 4.42. The number of carbonyl (C=O) groups excluding carboxylic acids is 1. The van der Waals surface area contributed by atoms with Crippen molar-refractivity contribution in [2.24, 2.45) is 0 Å². The summed E-state index contributed by atoms with van der Waals surface area (Å²) in [6.07, 6.45) is 4.95. The first-order chi connectivity index (χ1) is 9.29. The molecule has 2 saturated carbocycles. The molecular weight excluding hydrogens is 256 g/mol. The molecule has 0 saturated heterocycles. The molecule has 0 aliphatic heterocycles. The highest BCUT2D eigenvalue weighted by Gasteiger charge is 2.23. The van der Waals surface area contributed by atoms with Crippen molar-refractivity contribution >= 4 is 17.7 Å². The molecule has 2 N–H and O–H groups in total. The second-order valence-electron chi connectivity index (χ2n) is 5.43. The van der Waals surface area contributed by atoms with Crippen LogP contribution in [0.5, 0.6) is 0 Å². The van der Waals surface area contributed by atoms with Crippen LogP contribution in [0, 0.1) is 0 Å². The van der Waals surface area contributed by atoms with Gasteiger partial charge in [0.25, 0.3) is 0 Å². The molecule has 0 aromatic heterocycles. The Kier molecular flexibility index (Phi) is 4.09. The van der Waals surface area contributed by atoms with Gasteiger partial charge in [0.15, 0.2) is 0 Å². The van der Waals surface area contributed by atoms with Gasteiger partial charge in [-0.3, -0.25) is 4.79 Å². The lowest BCUT2D eigenvalue weighted by Crippen LogP contribution is -2.26. The summed E-state index contributed by atoms with van der Waals surface area (Å²) in [5.41, 5.74) is 1.32. The van der Waals surface area contributed by atoms with Gasteiger partial charge in [-0.05, 0) is 43.4 Å². The summed E-state index contributed by atoms with van der Waals surface area (Å²) in [6, 6.07) is 9.73. The van der Waals surface area contributed by atoms with E-state index in [0.29, 0.717) is 11.8 Å². The van der Waals surface area contributed by atoms with Crippen LogP contribution in [0.15, 0.2) is 29.2 Å². The van der Waals surface area contributed by atoms with Gasteiger partial charge in [0.2, 0.25) is 5.91 Å². The molecule has 0 radical (unpaired) electrons. The summed E-state index contributed by atoms with van der Waals surface area (Å²) < 4.78 is 0. The normalized spacial score (nSPS) is 18.3. The zero-order valence-electron chi connectivity index (χ0n) is 11.0. The van der Waals surface area contributed by atoms with Gasteiger partial charge < -0.3 is 10.6 Å². The lowest BCUT2D eigenvalue weighted by atomic mass is 10.2. The van der Waals surface area contributed by atoms with E-state index < -0.39 is 0 Å². The number of nitrogens with one attached hydrogen (secondary N) is 2. The number of rotatable bonds is 7. The second kappa shape index (κ2) is 5.97. The van der Waals surface area contributed by atoms with Crippen LogP contribution in [0.1, 0.15) is 31.2 Å². The van der Waals surface area contributed by atoms with Crippen LogP contribution >= 0.6 is 11.8 Å². The molecule has 0 unspecified atom stereocenters. The van der Waals surface area contributed by atoms with Gasteiger partial charge in [-0.25, -0.2) is 0 Å². The summed E-state index contributed by atoms with van der Waals surface area (Å²) in [4.78, 5) is 12.7. The van der Waals surface area contributed by atoms with Gasteiger partial charge in [0.1, 0.15) is 0 Å². The molecule has 1 amide bonds. The van der Waals surface area contributed by atoms with E-state index >= 15 is 0 Å². The Balaban J connectivity index is 1.40. The highest BCUT2D eigenvalue weighted by molar-refractivity contribution is 8.00. The zero-order chi connectivity index (χ0) is 13.1. The molecule has 4 heteroatoms. The van der Waals surface area contributed by atoms with E-state index in [0.717, 1.165) is 25.4 Å². The van der Waals surface area contributed by atoms with Crippen molar-refractivity contribution in [3.8, 4) is 0 Å². The van der Waals surface area contributed by atoms with Gasteiger partial charge in [0, 0.05) is 23.5 Å². The van der Waals surface area contributed by atoms with Crippen LogP contribution in [-0.4, -0.2) is 23.7 Å². The molecule has 1 aromatic rings. The molecule has 0 heterocycles. The highest BCUT2D eigenvalue weighted by atomic mass is 32.2.